The quantitative estimate of drug-likeness (QED) is 0.341. The van der Waals surface area contributed by atoms with Crippen LogP contribution in [0.5, 0.6) is 17.2 Å². The van der Waals surface area contributed by atoms with Crippen LogP contribution in [0.3, 0.4) is 0 Å². The molecule has 0 spiro atoms. The molecule has 1 N–H and O–H groups in total. The second kappa shape index (κ2) is 13.1. The average Bonchev–Trinajstić information content (AvgIpc) is 2.79. The second-order valence-corrected chi connectivity index (χ2v) is 7.39. The Kier molecular flexibility index (Phi) is 10.5. The molecule has 0 aliphatic rings. The van der Waals surface area contributed by atoms with E-state index in [1.807, 2.05) is 0 Å². The zero-order valence-electron chi connectivity index (χ0n) is 19.1. The molecule has 0 heterocycles. The van der Waals surface area contributed by atoms with E-state index in [0.29, 0.717) is 5.75 Å². The summed E-state index contributed by atoms with van der Waals surface area (Å²) < 4.78 is 94.6. The minimum absolute atomic E-state index is 0.0302. The Morgan fingerprint density at radius 1 is 0.889 bits per heavy atom. The molecule has 2 aromatic carbocycles. The Hall–Kier alpha value is -3.41. The van der Waals surface area contributed by atoms with Gasteiger partial charge in [0.1, 0.15) is 23.9 Å². The third-order valence-corrected chi connectivity index (χ3v) is 4.35. The maximum absolute atomic E-state index is 12.4. The van der Waals surface area contributed by atoms with Crippen molar-refractivity contribution in [1.82, 2.24) is 0 Å². The van der Waals surface area contributed by atoms with Gasteiger partial charge in [-0.15, -0.1) is 0 Å². The van der Waals surface area contributed by atoms with Crippen LogP contribution in [0.25, 0.3) is 6.08 Å². The highest BCUT2D eigenvalue weighted by atomic mass is 19.4. The molecule has 2 rings (SSSR count). The molecule has 0 radical (unpaired) electrons. The molecule has 0 aliphatic carbocycles. The summed E-state index contributed by atoms with van der Waals surface area (Å²) in [5.74, 6) is -1.23. The zero-order chi connectivity index (χ0) is 26.8. The van der Waals surface area contributed by atoms with Crippen LogP contribution in [0.15, 0.2) is 48.5 Å². The van der Waals surface area contributed by atoms with Crippen molar-refractivity contribution in [2.45, 2.75) is 31.8 Å². The molecule has 0 aromatic heterocycles. The largest absolute Gasteiger partial charge is 0.490 e. The van der Waals surface area contributed by atoms with Crippen molar-refractivity contribution < 1.29 is 55.2 Å². The van der Waals surface area contributed by atoms with Gasteiger partial charge in [0.2, 0.25) is 0 Å². The molecular formula is C24H24F6O6. The number of alkyl halides is 6. The van der Waals surface area contributed by atoms with Crippen LogP contribution < -0.4 is 14.2 Å². The number of carboxylic acid groups (broad SMARTS) is 1. The molecular weight excluding hydrogens is 498 g/mol. The lowest BCUT2D eigenvalue weighted by atomic mass is 10.1. The topological polar surface area (TPSA) is 74.2 Å². The highest BCUT2D eigenvalue weighted by Crippen LogP contribution is 2.27. The van der Waals surface area contributed by atoms with Crippen molar-refractivity contribution in [2.24, 2.45) is 0 Å². The molecule has 1 atom stereocenters. The Labute approximate surface area is 203 Å². The van der Waals surface area contributed by atoms with E-state index in [2.05, 4.69) is 9.47 Å². The van der Waals surface area contributed by atoms with Crippen LogP contribution in [0.4, 0.5) is 26.3 Å². The molecule has 12 heteroatoms. The molecule has 0 unspecified atom stereocenters. The minimum Gasteiger partial charge on any atom is -0.490 e. The monoisotopic (exact) mass is 522 g/mol. The van der Waals surface area contributed by atoms with Crippen LogP contribution in [0, 0.1) is 0 Å². The summed E-state index contributed by atoms with van der Waals surface area (Å²) in [6.07, 6.45) is -7.12. The first-order valence-corrected chi connectivity index (χ1v) is 10.6. The number of benzene rings is 2. The van der Waals surface area contributed by atoms with Gasteiger partial charge in [-0.2, -0.15) is 26.3 Å². The highest BCUT2D eigenvalue weighted by molar-refractivity contribution is 5.72. The first-order valence-electron chi connectivity index (χ1n) is 10.6. The number of rotatable bonds is 13. The smallest absolute Gasteiger partial charge is 0.422 e. The number of ether oxygens (including phenoxy) is 4. The number of carboxylic acids is 1. The summed E-state index contributed by atoms with van der Waals surface area (Å²) in [5.41, 5.74) is 0.960. The third kappa shape index (κ3) is 11.3. The minimum atomic E-state index is -4.63. The second-order valence-electron chi connectivity index (χ2n) is 7.39. The number of halogens is 6. The van der Waals surface area contributed by atoms with Crippen molar-refractivity contribution in [1.29, 1.82) is 0 Å². The predicted molar refractivity (Wildman–Crippen MR) is 117 cm³/mol. The van der Waals surface area contributed by atoms with Gasteiger partial charge in [-0.3, -0.25) is 0 Å². The molecule has 198 valence electrons. The molecule has 0 amide bonds. The fourth-order valence-electron chi connectivity index (χ4n) is 2.87. The Morgan fingerprint density at radius 2 is 1.44 bits per heavy atom. The van der Waals surface area contributed by atoms with E-state index < -0.39 is 37.6 Å². The summed E-state index contributed by atoms with van der Waals surface area (Å²) in [4.78, 5) is 11.2. The van der Waals surface area contributed by atoms with Gasteiger partial charge >= 0.3 is 18.3 Å². The lowest BCUT2D eigenvalue weighted by Gasteiger charge is -2.13. The van der Waals surface area contributed by atoms with E-state index in [4.69, 9.17) is 14.6 Å². The van der Waals surface area contributed by atoms with Crippen LogP contribution in [0.2, 0.25) is 0 Å². The van der Waals surface area contributed by atoms with E-state index in [9.17, 15) is 31.1 Å². The van der Waals surface area contributed by atoms with E-state index in [-0.39, 0.29) is 36.7 Å². The van der Waals surface area contributed by atoms with Crippen molar-refractivity contribution >= 4 is 12.0 Å². The SMILES string of the molecule is CCO[C@@H](Cc1ccc(OC/C=C/c2cc(OCC(F)(F)F)cc(OCC(F)(F)F)c2)cc1)C(=O)O. The molecule has 0 bridgehead atoms. The summed E-state index contributed by atoms with van der Waals surface area (Å²) in [6.45, 7) is -1.24. The van der Waals surface area contributed by atoms with Gasteiger partial charge in [0, 0.05) is 19.1 Å². The first kappa shape index (κ1) is 28.8. The fourth-order valence-corrected chi connectivity index (χ4v) is 2.87. The van der Waals surface area contributed by atoms with E-state index in [1.54, 1.807) is 31.2 Å². The van der Waals surface area contributed by atoms with Gasteiger partial charge in [0.05, 0.1) is 0 Å². The van der Waals surface area contributed by atoms with Gasteiger partial charge in [-0.1, -0.05) is 18.2 Å². The first-order chi connectivity index (χ1) is 16.8. The molecule has 6 nitrogen and oxygen atoms in total. The lowest BCUT2D eigenvalue weighted by Crippen LogP contribution is -2.26. The van der Waals surface area contributed by atoms with Crippen molar-refractivity contribution in [3.05, 3.63) is 59.7 Å². The Bertz CT molecular complexity index is 965. The van der Waals surface area contributed by atoms with E-state index >= 15 is 0 Å². The van der Waals surface area contributed by atoms with Crippen molar-refractivity contribution in [3.8, 4) is 17.2 Å². The molecule has 0 saturated carbocycles. The van der Waals surface area contributed by atoms with E-state index in [0.717, 1.165) is 11.6 Å². The van der Waals surface area contributed by atoms with Crippen molar-refractivity contribution in [2.75, 3.05) is 26.4 Å². The van der Waals surface area contributed by atoms with Crippen LogP contribution in [0.1, 0.15) is 18.1 Å². The normalized spacial score (nSPS) is 13.0. The average molecular weight is 522 g/mol. The van der Waals surface area contributed by atoms with Gasteiger partial charge in [0.25, 0.3) is 0 Å². The number of hydrogen-bond acceptors (Lipinski definition) is 5. The zero-order valence-corrected chi connectivity index (χ0v) is 19.1. The highest BCUT2D eigenvalue weighted by Gasteiger charge is 2.30. The summed E-state index contributed by atoms with van der Waals surface area (Å²) >= 11 is 0. The fraction of sp³-hybridized carbons (Fsp3) is 0.375. The summed E-state index contributed by atoms with van der Waals surface area (Å²) in [7, 11) is 0. The number of aliphatic carboxylic acids is 1. The van der Waals surface area contributed by atoms with Crippen molar-refractivity contribution in [3.63, 3.8) is 0 Å². The molecule has 0 saturated heterocycles. The summed E-state index contributed by atoms with van der Waals surface area (Å²) in [5, 5.41) is 9.15. The molecule has 0 aliphatic heterocycles. The number of carbonyl (C=O) groups is 1. The van der Waals surface area contributed by atoms with Gasteiger partial charge < -0.3 is 24.1 Å². The van der Waals surface area contributed by atoms with E-state index in [1.165, 1.54) is 24.3 Å². The molecule has 0 fully saturated rings. The molecule has 36 heavy (non-hydrogen) atoms. The maximum Gasteiger partial charge on any atom is 0.422 e. The van der Waals surface area contributed by atoms with Crippen LogP contribution >= 0.6 is 0 Å². The molecule has 2 aromatic rings. The number of hydrogen-bond donors (Lipinski definition) is 1. The predicted octanol–water partition coefficient (Wildman–Crippen LogP) is 5.69. The summed E-state index contributed by atoms with van der Waals surface area (Å²) in [6, 6.07) is 9.99. The van der Waals surface area contributed by atoms with Crippen LogP contribution in [-0.4, -0.2) is 56.0 Å². The standard InChI is InChI=1S/C24H24F6O6/c1-2-33-21(22(31)32)12-16-5-7-18(8-6-16)34-9-3-4-17-10-19(35-14-23(25,26)27)13-20(11-17)36-15-24(28,29)30/h3-8,10-11,13,21H,2,9,12,14-15H2,1H3,(H,31,32)/b4-3+/t21-/m0/s1. The van der Waals surface area contributed by atoms with Crippen LogP contribution in [-0.2, 0) is 16.0 Å². The van der Waals surface area contributed by atoms with Gasteiger partial charge in [0.15, 0.2) is 19.3 Å². The third-order valence-electron chi connectivity index (χ3n) is 4.35. The Balaban J connectivity index is 2.01. The maximum atomic E-state index is 12.4. The van der Waals surface area contributed by atoms with Gasteiger partial charge in [-0.05, 0) is 48.4 Å². The Morgan fingerprint density at radius 3 is 1.92 bits per heavy atom. The lowest BCUT2D eigenvalue weighted by molar-refractivity contribution is -0.154. The van der Waals surface area contributed by atoms with Gasteiger partial charge in [-0.25, -0.2) is 4.79 Å².